The van der Waals surface area contributed by atoms with Gasteiger partial charge in [0.05, 0.1) is 18.0 Å². The zero-order chi connectivity index (χ0) is 20.3. The summed E-state index contributed by atoms with van der Waals surface area (Å²) in [4.78, 5) is 17.2. The van der Waals surface area contributed by atoms with E-state index in [4.69, 9.17) is 0 Å². The van der Waals surface area contributed by atoms with E-state index in [9.17, 15) is 9.90 Å². The number of aliphatic hydroxyl groups excluding tert-OH is 1. The number of carbonyl (C=O) groups excluding carboxylic acids is 1. The SMILES string of the molecule is Cc1ccc(-c2cc(C(=O)NC(C)CO)cc(-c3ccnn3C(C)C)c2)nc1. The van der Waals surface area contributed by atoms with Crippen LogP contribution in [0.2, 0.25) is 0 Å². The van der Waals surface area contributed by atoms with Crippen molar-refractivity contribution in [2.75, 3.05) is 6.61 Å². The Hall–Kier alpha value is -2.99. The molecule has 28 heavy (non-hydrogen) atoms. The van der Waals surface area contributed by atoms with Crippen molar-refractivity contribution in [1.29, 1.82) is 0 Å². The van der Waals surface area contributed by atoms with Crippen LogP contribution < -0.4 is 5.32 Å². The van der Waals surface area contributed by atoms with Crippen LogP contribution in [-0.2, 0) is 0 Å². The first-order valence-electron chi connectivity index (χ1n) is 9.42. The lowest BCUT2D eigenvalue weighted by atomic mass is 10.00. The number of aliphatic hydroxyl groups is 1. The van der Waals surface area contributed by atoms with Crippen molar-refractivity contribution < 1.29 is 9.90 Å². The maximum absolute atomic E-state index is 12.7. The third-order valence-corrected chi connectivity index (χ3v) is 4.51. The number of aromatic nitrogens is 3. The molecule has 2 heterocycles. The van der Waals surface area contributed by atoms with E-state index in [-0.39, 0.29) is 24.6 Å². The fourth-order valence-electron chi connectivity index (χ4n) is 3.00. The van der Waals surface area contributed by atoms with Crippen molar-refractivity contribution in [3.05, 3.63) is 59.9 Å². The number of aryl methyl sites for hydroxylation is 1. The van der Waals surface area contributed by atoms with Gasteiger partial charge in [-0.1, -0.05) is 6.07 Å². The van der Waals surface area contributed by atoms with E-state index in [0.29, 0.717) is 5.56 Å². The quantitative estimate of drug-likeness (QED) is 0.687. The van der Waals surface area contributed by atoms with E-state index >= 15 is 0 Å². The Morgan fingerprint density at radius 3 is 2.54 bits per heavy atom. The number of hydrogen-bond acceptors (Lipinski definition) is 4. The lowest BCUT2D eigenvalue weighted by molar-refractivity contribution is 0.0922. The number of nitrogens with one attached hydrogen (secondary N) is 1. The molecule has 1 amide bonds. The van der Waals surface area contributed by atoms with Crippen LogP contribution in [0.4, 0.5) is 0 Å². The highest BCUT2D eigenvalue weighted by Gasteiger charge is 2.16. The Bertz CT molecular complexity index is 961. The predicted molar refractivity (Wildman–Crippen MR) is 110 cm³/mol. The van der Waals surface area contributed by atoms with Gasteiger partial charge in [-0.25, -0.2) is 0 Å². The van der Waals surface area contributed by atoms with Crippen LogP contribution >= 0.6 is 0 Å². The molecule has 0 spiro atoms. The number of nitrogens with zero attached hydrogens (tertiary/aromatic N) is 3. The number of amides is 1. The van der Waals surface area contributed by atoms with Crippen molar-refractivity contribution in [2.45, 2.75) is 39.8 Å². The first-order valence-corrected chi connectivity index (χ1v) is 9.42. The highest BCUT2D eigenvalue weighted by molar-refractivity contribution is 5.97. The molecule has 0 radical (unpaired) electrons. The maximum atomic E-state index is 12.7. The molecule has 0 bridgehead atoms. The van der Waals surface area contributed by atoms with E-state index in [1.54, 1.807) is 13.1 Å². The average Bonchev–Trinajstić information content (AvgIpc) is 3.18. The molecule has 0 saturated carbocycles. The van der Waals surface area contributed by atoms with Crippen LogP contribution in [0.3, 0.4) is 0 Å². The lowest BCUT2D eigenvalue weighted by Crippen LogP contribution is -2.35. The molecule has 0 saturated heterocycles. The molecule has 1 aromatic carbocycles. The van der Waals surface area contributed by atoms with Gasteiger partial charge in [0.25, 0.3) is 5.91 Å². The van der Waals surface area contributed by atoms with Gasteiger partial charge < -0.3 is 10.4 Å². The first-order chi connectivity index (χ1) is 13.4. The standard InChI is InChI=1S/C22H26N4O2/c1-14(2)26-21(7-8-24-26)18-9-17(20-6-5-15(3)12-23-20)10-19(11-18)22(28)25-16(4)13-27/h5-12,14,16,27H,13H2,1-4H3,(H,25,28). The molecule has 6 heteroatoms. The minimum atomic E-state index is -0.321. The maximum Gasteiger partial charge on any atom is 0.251 e. The van der Waals surface area contributed by atoms with Crippen LogP contribution in [0.1, 0.15) is 42.7 Å². The zero-order valence-corrected chi connectivity index (χ0v) is 16.7. The smallest absolute Gasteiger partial charge is 0.251 e. The summed E-state index contributed by atoms with van der Waals surface area (Å²) in [6.45, 7) is 7.77. The number of rotatable bonds is 6. The van der Waals surface area contributed by atoms with Crippen molar-refractivity contribution in [3.8, 4) is 22.5 Å². The highest BCUT2D eigenvalue weighted by atomic mass is 16.3. The summed E-state index contributed by atoms with van der Waals surface area (Å²) in [7, 11) is 0. The zero-order valence-electron chi connectivity index (χ0n) is 16.7. The second kappa shape index (κ2) is 8.35. The summed E-state index contributed by atoms with van der Waals surface area (Å²) < 4.78 is 1.93. The number of carbonyl (C=O) groups is 1. The second-order valence-electron chi connectivity index (χ2n) is 7.33. The molecule has 0 aliphatic rings. The summed E-state index contributed by atoms with van der Waals surface area (Å²) in [6, 6.07) is 11.5. The Balaban J connectivity index is 2.12. The third-order valence-electron chi connectivity index (χ3n) is 4.51. The molecule has 0 fully saturated rings. The van der Waals surface area contributed by atoms with Crippen molar-refractivity contribution in [2.24, 2.45) is 0 Å². The average molecular weight is 378 g/mol. The molecule has 3 rings (SSSR count). The van der Waals surface area contributed by atoms with E-state index < -0.39 is 0 Å². The van der Waals surface area contributed by atoms with Crippen LogP contribution in [0, 0.1) is 6.92 Å². The second-order valence-corrected chi connectivity index (χ2v) is 7.33. The van der Waals surface area contributed by atoms with Gasteiger partial charge in [-0.05, 0) is 63.6 Å². The molecule has 6 nitrogen and oxygen atoms in total. The van der Waals surface area contributed by atoms with Gasteiger partial charge in [0.15, 0.2) is 0 Å². The number of hydrogen-bond donors (Lipinski definition) is 2. The van der Waals surface area contributed by atoms with E-state index in [1.807, 2.05) is 54.2 Å². The first kappa shape index (κ1) is 19.8. The molecule has 3 aromatic rings. The number of pyridine rings is 1. The summed E-state index contributed by atoms with van der Waals surface area (Å²) in [5, 5.41) is 16.5. The molecule has 0 aliphatic heterocycles. The van der Waals surface area contributed by atoms with Crippen LogP contribution in [0.25, 0.3) is 22.5 Å². The van der Waals surface area contributed by atoms with Crippen LogP contribution in [-0.4, -0.2) is 38.4 Å². The molecule has 1 unspecified atom stereocenters. The lowest BCUT2D eigenvalue weighted by Gasteiger charge is -2.15. The van der Waals surface area contributed by atoms with Gasteiger partial charge in [0, 0.05) is 41.2 Å². The summed E-state index contributed by atoms with van der Waals surface area (Å²) in [6.07, 6.45) is 3.58. The normalized spacial score (nSPS) is 12.2. The third kappa shape index (κ3) is 4.28. The Morgan fingerprint density at radius 2 is 1.89 bits per heavy atom. The molecule has 2 N–H and O–H groups in total. The largest absolute Gasteiger partial charge is 0.394 e. The summed E-state index contributed by atoms with van der Waals surface area (Å²) in [5.74, 6) is -0.229. The van der Waals surface area contributed by atoms with Gasteiger partial charge in [-0.15, -0.1) is 0 Å². The van der Waals surface area contributed by atoms with Gasteiger partial charge in [0.1, 0.15) is 0 Å². The monoisotopic (exact) mass is 378 g/mol. The van der Waals surface area contributed by atoms with Gasteiger partial charge in [0.2, 0.25) is 0 Å². The molecule has 0 aliphatic carbocycles. The fraction of sp³-hybridized carbons (Fsp3) is 0.318. The van der Waals surface area contributed by atoms with Gasteiger partial charge in [-0.2, -0.15) is 5.10 Å². The molecule has 2 aromatic heterocycles. The van der Waals surface area contributed by atoms with Crippen LogP contribution in [0.15, 0.2) is 48.8 Å². The van der Waals surface area contributed by atoms with Crippen molar-refractivity contribution >= 4 is 5.91 Å². The molecular weight excluding hydrogens is 352 g/mol. The predicted octanol–water partition coefficient (Wildman–Crippen LogP) is 3.61. The Morgan fingerprint density at radius 1 is 1.14 bits per heavy atom. The minimum Gasteiger partial charge on any atom is -0.394 e. The van der Waals surface area contributed by atoms with E-state index in [2.05, 4.69) is 29.2 Å². The molecule has 1 atom stereocenters. The number of benzene rings is 1. The topological polar surface area (TPSA) is 80.0 Å². The van der Waals surface area contributed by atoms with Crippen molar-refractivity contribution in [3.63, 3.8) is 0 Å². The highest BCUT2D eigenvalue weighted by Crippen LogP contribution is 2.29. The fourth-order valence-corrected chi connectivity index (χ4v) is 3.00. The van der Waals surface area contributed by atoms with Crippen LogP contribution in [0.5, 0.6) is 0 Å². The van der Waals surface area contributed by atoms with Crippen molar-refractivity contribution in [1.82, 2.24) is 20.1 Å². The van der Waals surface area contributed by atoms with E-state index in [1.165, 1.54) is 0 Å². The Kier molecular flexibility index (Phi) is 5.90. The summed E-state index contributed by atoms with van der Waals surface area (Å²) >= 11 is 0. The minimum absolute atomic E-state index is 0.113. The van der Waals surface area contributed by atoms with Gasteiger partial charge in [-0.3, -0.25) is 14.5 Å². The summed E-state index contributed by atoms with van der Waals surface area (Å²) in [5.41, 5.74) is 5.09. The molecule has 146 valence electrons. The Labute approximate surface area is 165 Å². The molecular formula is C22H26N4O2. The van der Waals surface area contributed by atoms with Gasteiger partial charge >= 0.3 is 0 Å². The van der Waals surface area contributed by atoms with E-state index in [0.717, 1.165) is 28.1 Å².